The Morgan fingerprint density at radius 2 is 1.92 bits per heavy atom. The lowest BCUT2D eigenvalue weighted by atomic mass is 10.1. The number of halogens is 1. The lowest BCUT2D eigenvalue weighted by Crippen LogP contribution is -2.46. The molecule has 148 valence electrons. The highest BCUT2D eigenvalue weighted by atomic mass is 127. The molecule has 0 amide bonds. The Labute approximate surface area is 174 Å². The Kier molecular flexibility index (Phi) is 9.49. The third-order valence-electron chi connectivity index (χ3n) is 4.82. The van der Waals surface area contributed by atoms with E-state index >= 15 is 0 Å². The van der Waals surface area contributed by atoms with E-state index in [0.717, 1.165) is 36.1 Å². The summed E-state index contributed by atoms with van der Waals surface area (Å²) >= 11 is 0. The highest BCUT2D eigenvalue weighted by molar-refractivity contribution is 14.0. The lowest BCUT2D eigenvalue weighted by molar-refractivity contribution is 0.265. The van der Waals surface area contributed by atoms with E-state index in [1.165, 1.54) is 0 Å². The second kappa shape index (κ2) is 10.8. The summed E-state index contributed by atoms with van der Waals surface area (Å²) in [6.45, 7) is 9.65. The van der Waals surface area contributed by atoms with Gasteiger partial charge in [0.05, 0.1) is 14.2 Å². The van der Waals surface area contributed by atoms with Gasteiger partial charge in [-0.15, -0.1) is 24.0 Å². The molecule has 1 saturated heterocycles. The topological polar surface area (TPSA) is 58.1 Å². The first-order valence-corrected chi connectivity index (χ1v) is 8.90. The molecule has 0 spiro atoms. The Bertz CT molecular complexity index is 595. The fourth-order valence-corrected chi connectivity index (χ4v) is 3.16. The van der Waals surface area contributed by atoms with Crippen LogP contribution in [-0.4, -0.2) is 57.3 Å². The van der Waals surface area contributed by atoms with Gasteiger partial charge in [-0.05, 0) is 37.5 Å². The predicted molar refractivity (Wildman–Crippen MR) is 118 cm³/mol. The first kappa shape index (κ1) is 22.8. The zero-order chi connectivity index (χ0) is 18.4. The Balaban J connectivity index is 0.00000338. The van der Waals surface area contributed by atoms with Gasteiger partial charge in [-0.25, -0.2) is 0 Å². The third kappa shape index (κ3) is 5.90. The van der Waals surface area contributed by atoms with Gasteiger partial charge in [-0.2, -0.15) is 0 Å². The molecule has 2 atom stereocenters. The van der Waals surface area contributed by atoms with Crippen molar-refractivity contribution in [3.63, 3.8) is 0 Å². The summed E-state index contributed by atoms with van der Waals surface area (Å²) in [5, 5.41) is 6.95. The van der Waals surface area contributed by atoms with Crippen LogP contribution in [0.2, 0.25) is 0 Å². The minimum absolute atomic E-state index is 0. The normalized spacial score (nSPS) is 20.7. The molecule has 2 N–H and O–H groups in total. The number of hydrogen-bond acceptors (Lipinski definition) is 4. The molecule has 0 saturated carbocycles. The van der Waals surface area contributed by atoms with Gasteiger partial charge in [0.25, 0.3) is 0 Å². The maximum absolute atomic E-state index is 5.36. The Morgan fingerprint density at radius 1 is 1.23 bits per heavy atom. The molecule has 1 heterocycles. The number of hydrogen-bond donors (Lipinski definition) is 2. The molecule has 6 nitrogen and oxygen atoms in total. The summed E-state index contributed by atoms with van der Waals surface area (Å²) in [7, 11) is 5.10. The Morgan fingerprint density at radius 3 is 2.46 bits per heavy atom. The van der Waals surface area contributed by atoms with Crippen molar-refractivity contribution in [2.24, 2.45) is 10.9 Å². The molecule has 2 rings (SSSR count). The third-order valence-corrected chi connectivity index (χ3v) is 4.82. The average Bonchev–Trinajstić information content (AvgIpc) is 2.99. The molecule has 1 aliphatic heterocycles. The van der Waals surface area contributed by atoms with Gasteiger partial charge >= 0.3 is 0 Å². The molecule has 7 heteroatoms. The molecular weight excluding hydrogens is 443 g/mol. The number of nitrogens with zero attached hydrogens (tertiary/aromatic N) is 2. The SMILES string of the molecule is CN=C(NCc1ccc(OC)c(OC)c1)NC1CN(C(C)C)CC1C.I. The summed E-state index contributed by atoms with van der Waals surface area (Å²) in [4.78, 5) is 6.87. The summed E-state index contributed by atoms with van der Waals surface area (Å²) in [5.74, 6) is 2.91. The van der Waals surface area contributed by atoms with Gasteiger partial charge in [0.15, 0.2) is 17.5 Å². The Hall–Kier alpha value is -1.22. The summed E-state index contributed by atoms with van der Waals surface area (Å²) < 4.78 is 10.6. The molecule has 0 radical (unpaired) electrons. The second-order valence-corrected chi connectivity index (χ2v) is 6.89. The van der Waals surface area contributed by atoms with E-state index in [0.29, 0.717) is 24.5 Å². The number of aliphatic imine (C=N–C) groups is 1. The quantitative estimate of drug-likeness (QED) is 0.376. The van der Waals surface area contributed by atoms with Crippen LogP contribution < -0.4 is 20.1 Å². The van der Waals surface area contributed by atoms with E-state index < -0.39 is 0 Å². The number of ether oxygens (including phenoxy) is 2. The van der Waals surface area contributed by atoms with E-state index in [9.17, 15) is 0 Å². The second-order valence-electron chi connectivity index (χ2n) is 6.89. The van der Waals surface area contributed by atoms with E-state index in [-0.39, 0.29) is 24.0 Å². The molecule has 1 aromatic rings. The van der Waals surface area contributed by atoms with Crippen molar-refractivity contribution in [1.29, 1.82) is 0 Å². The standard InChI is InChI=1S/C19H32N4O2.HI/c1-13(2)23-11-14(3)16(12-23)22-19(20-4)21-10-15-7-8-17(24-5)18(9-15)25-6;/h7-9,13-14,16H,10-12H2,1-6H3,(H2,20,21,22);1H. The van der Waals surface area contributed by atoms with E-state index in [4.69, 9.17) is 9.47 Å². The van der Waals surface area contributed by atoms with Crippen molar-refractivity contribution < 1.29 is 9.47 Å². The van der Waals surface area contributed by atoms with Crippen molar-refractivity contribution >= 4 is 29.9 Å². The predicted octanol–water partition coefficient (Wildman–Crippen LogP) is 2.72. The number of rotatable bonds is 6. The van der Waals surface area contributed by atoms with Crippen LogP contribution in [0.4, 0.5) is 0 Å². The number of nitrogens with one attached hydrogen (secondary N) is 2. The van der Waals surface area contributed by atoms with Crippen LogP contribution in [0, 0.1) is 5.92 Å². The first-order valence-electron chi connectivity index (χ1n) is 8.90. The zero-order valence-corrected chi connectivity index (χ0v) is 19.0. The molecule has 1 aliphatic rings. The van der Waals surface area contributed by atoms with Gasteiger partial charge < -0.3 is 20.1 Å². The van der Waals surface area contributed by atoms with Crippen molar-refractivity contribution in [3.05, 3.63) is 23.8 Å². The van der Waals surface area contributed by atoms with Gasteiger partial charge in [-0.1, -0.05) is 13.0 Å². The highest BCUT2D eigenvalue weighted by Gasteiger charge is 2.31. The molecule has 1 aromatic carbocycles. The van der Waals surface area contributed by atoms with Crippen LogP contribution in [0.3, 0.4) is 0 Å². The van der Waals surface area contributed by atoms with Gasteiger partial charge in [0.2, 0.25) is 0 Å². The van der Waals surface area contributed by atoms with Gasteiger partial charge in [0, 0.05) is 38.8 Å². The summed E-state index contributed by atoms with van der Waals surface area (Å²) in [6, 6.07) is 6.93. The van der Waals surface area contributed by atoms with E-state index in [1.54, 1.807) is 14.2 Å². The summed E-state index contributed by atoms with van der Waals surface area (Å²) in [6.07, 6.45) is 0. The maximum atomic E-state index is 5.36. The van der Waals surface area contributed by atoms with E-state index in [2.05, 4.69) is 41.3 Å². The van der Waals surface area contributed by atoms with Gasteiger partial charge in [0.1, 0.15) is 0 Å². The zero-order valence-electron chi connectivity index (χ0n) is 16.7. The molecule has 0 bridgehead atoms. The van der Waals surface area contributed by atoms with Crippen LogP contribution in [0.15, 0.2) is 23.2 Å². The summed E-state index contributed by atoms with van der Waals surface area (Å²) in [5.41, 5.74) is 1.11. The average molecular weight is 476 g/mol. The highest BCUT2D eigenvalue weighted by Crippen LogP contribution is 2.27. The molecule has 0 aromatic heterocycles. The number of methoxy groups -OCH3 is 2. The van der Waals surface area contributed by atoms with Crippen LogP contribution in [-0.2, 0) is 6.54 Å². The monoisotopic (exact) mass is 476 g/mol. The number of benzene rings is 1. The van der Waals surface area contributed by atoms with Crippen molar-refractivity contribution in [2.45, 2.75) is 39.4 Å². The smallest absolute Gasteiger partial charge is 0.191 e. The molecule has 1 fully saturated rings. The number of guanidine groups is 1. The number of likely N-dealkylation sites (tertiary alicyclic amines) is 1. The molecule has 2 unspecified atom stereocenters. The molecule has 26 heavy (non-hydrogen) atoms. The van der Waals surface area contributed by atoms with Crippen LogP contribution in [0.1, 0.15) is 26.3 Å². The minimum Gasteiger partial charge on any atom is -0.493 e. The van der Waals surface area contributed by atoms with Crippen LogP contribution in [0.5, 0.6) is 11.5 Å². The maximum Gasteiger partial charge on any atom is 0.191 e. The largest absolute Gasteiger partial charge is 0.493 e. The van der Waals surface area contributed by atoms with Crippen LogP contribution in [0.25, 0.3) is 0 Å². The minimum atomic E-state index is 0. The fourth-order valence-electron chi connectivity index (χ4n) is 3.16. The van der Waals surface area contributed by atoms with Crippen LogP contribution >= 0.6 is 24.0 Å². The molecule has 0 aliphatic carbocycles. The first-order chi connectivity index (χ1) is 12.0. The fraction of sp³-hybridized carbons (Fsp3) is 0.632. The van der Waals surface area contributed by atoms with Crippen molar-refractivity contribution in [1.82, 2.24) is 15.5 Å². The van der Waals surface area contributed by atoms with E-state index in [1.807, 2.05) is 25.2 Å². The van der Waals surface area contributed by atoms with Crippen molar-refractivity contribution in [3.8, 4) is 11.5 Å². The lowest BCUT2D eigenvalue weighted by Gasteiger charge is -2.22. The van der Waals surface area contributed by atoms with Gasteiger partial charge in [-0.3, -0.25) is 9.89 Å². The van der Waals surface area contributed by atoms with Crippen molar-refractivity contribution in [2.75, 3.05) is 34.4 Å². The molecular formula is C19H33IN4O2.